The van der Waals surface area contributed by atoms with Crippen LogP contribution in [0.25, 0.3) is 0 Å². The van der Waals surface area contributed by atoms with Crippen LogP contribution in [0, 0.1) is 18.7 Å². The standard InChI is InChI=1S/C16H21FN2O3/c1-10-9-12(5-6-13(10)17)15(11-3-4-11)18-16(22)19(2)8-7-14(20)21/h5-6,9,11,15H,3-4,7-8H2,1-2H3,(H,18,22)(H,20,21). The van der Waals surface area contributed by atoms with E-state index < -0.39 is 5.97 Å². The summed E-state index contributed by atoms with van der Waals surface area (Å²) in [6, 6.07) is 4.41. The molecule has 5 nitrogen and oxygen atoms in total. The van der Waals surface area contributed by atoms with E-state index in [1.54, 1.807) is 26.1 Å². The molecule has 6 heteroatoms. The van der Waals surface area contributed by atoms with Gasteiger partial charge in [-0.05, 0) is 42.9 Å². The average molecular weight is 308 g/mol. The van der Waals surface area contributed by atoms with E-state index in [9.17, 15) is 14.0 Å². The van der Waals surface area contributed by atoms with Gasteiger partial charge in [0, 0.05) is 13.6 Å². The van der Waals surface area contributed by atoms with Crippen molar-refractivity contribution in [2.75, 3.05) is 13.6 Å². The second-order valence-electron chi connectivity index (χ2n) is 5.84. The molecule has 0 aromatic heterocycles. The van der Waals surface area contributed by atoms with Gasteiger partial charge in [-0.1, -0.05) is 12.1 Å². The number of halogens is 1. The highest BCUT2D eigenvalue weighted by Crippen LogP contribution is 2.41. The summed E-state index contributed by atoms with van der Waals surface area (Å²) in [4.78, 5) is 24.1. The molecule has 2 N–H and O–H groups in total. The maximum Gasteiger partial charge on any atom is 0.317 e. The Bertz CT molecular complexity index is 573. The molecule has 0 aliphatic heterocycles. The highest BCUT2D eigenvalue weighted by molar-refractivity contribution is 5.75. The second kappa shape index (κ2) is 6.77. The highest BCUT2D eigenvalue weighted by atomic mass is 19.1. The Kier molecular flexibility index (Phi) is 5.00. The van der Waals surface area contributed by atoms with Crippen molar-refractivity contribution in [1.82, 2.24) is 10.2 Å². The number of hydrogen-bond donors (Lipinski definition) is 2. The zero-order chi connectivity index (χ0) is 16.3. The maximum atomic E-state index is 13.4. The number of benzene rings is 1. The predicted molar refractivity (Wildman–Crippen MR) is 80.0 cm³/mol. The van der Waals surface area contributed by atoms with E-state index >= 15 is 0 Å². The van der Waals surface area contributed by atoms with Gasteiger partial charge in [0.1, 0.15) is 5.82 Å². The Morgan fingerprint density at radius 3 is 2.68 bits per heavy atom. The molecular formula is C16H21FN2O3. The first kappa shape index (κ1) is 16.3. The fraction of sp³-hybridized carbons (Fsp3) is 0.500. The van der Waals surface area contributed by atoms with E-state index in [-0.39, 0.29) is 30.9 Å². The SMILES string of the molecule is Cc1cc(C(NC(=O)N(C)CCC(=O)O)C2CC2)ccc1F. The monoisotopic (exact) mass is 308 g/mol. The molecule has 1 fully saturated rings. The first-order chi connectivity index (χ1) is 10.4. The van der Waals surface area contributed by atoms with E-state index in [0.29, 0.717) is 11.5 Å². The molecule has 0 bridgehead atoms. The van der Waals surface area contributed by atoms with Crippen LogP contribution in [0.2, 0.25) is 0 Å². The van der Waals surface area contributed by atoms with Crippen molar-refractivity contribution in [3.63, 3.8) is 0 Å². The van der Waals surface area contributed by atoms with Gasteiger partial charge in [0.25, 0.3) is 0 Å². The lowest BCUT2D eigenvalue weighted by Gasteiger charge is -2.24. The van der Waals surface area contributed by atoms with Gasteiger partial charge in [-0.3, -0.25) is 4.79 Å². The van der Waals surface area contributed by atoms with Crippen LogP contribution in [0.3, 0.4) is 0 Å². The molecule has 1 aliphatic carbocycles. The number of carboxylic acid groups (broad SMARTS) is 1. The summed E-state index contributed by atoms with van der Waals surface area (Å²) in [6.45, 7) is 1.85. The summed E-state index contributed by atoms with van der Waals surface area (Å²) in [5.74, 6) is -0.836. The van der Waals surface area contributed by atoms with Crippen LogP contribution in [-0.2, 0) is 4.79 Å². The zero-order valence-electron chi connectivity index (χ0n) is 12.8. The van der Waals surface area contributed by atoms with E-state index in [2.05, 4.69) is 5.32 Å². The molecule has 0 saturated heterocycles. The lowest BCUT2D eigenvalue weighted by molar-refractivity contribution is -0.137. The van der Waals surface area contributed by atoms with Gasteiger partial charge in [-0.2, -0.15) is 0 Å². The van der Waals surface area contributed by atoms with Crippen molar-refractivity contribution in [1.29, 1.82) is 0 Å². The van der Waals surface area contributed by atoms with E-state index in [1.807, 2.05) is 0 Å². The van der Waals surface area contributed by atoms with Gasteiger partial charge >= 0.3 is 12.0 Å². The first-order valence-corrected chi connectivity index (χ1v) is 7.38. The lowest BCUT2D eigenvalue weighted by atomic mass is 10.0. The number of hydrogen-bond acceptors (Lipinski definition) is 2. The van der Waals surface area contributed by atoms with Gasteiger partial charge in [0.05, 0.1) is 12.5 Å². The fourth-order valence-electron chi connectivity index (χ4n) is 2.37. The number of rotatable bonds is 6. The van der Waals surface area contributed by atoms with Crippen LogP contribution >= 0.6 is 0 Å². The number of amides is 2. The Morgan fingerprint density at radius 2 is 2.14 bits per heavy atom. The molecule has 1 aromatic rings. The quantitative estimate of drug-likeness (QED) is 0.849. The minimum atomic E-state index is -0.937. The van der Waals surface area contributed by atoms with Crippen LogP contribution in [0.15, 0.2) is 18.2 Å². The highest BCUT2D eigenvalue weighted by Gasteiger charge is 2.34. The summed E-state index contributed by atoms with van der Waals surface area (Å²) < 4.78 is 13.4. The normalized spacial score (nSPS) is 15.2. The lowest BCUT2D eigenvalue weighted by Crippen LogP contribution is -2.41. The van der Waals surface area contributed by atoms with Crippen molar-refractivity contribution >= 4 is 12.0 Å². The number of aliphatic carboxylic acids is 1. The zero-order valence-corrected chi connectivity index (χ0v) is 12.8. The molecule has 2 amide bonds. The summed E-state index contributed by atoms with van der Waals surface area (Å²) in [5.41, 5.74) is 1.44. The molecule has 0 heterocycles. The van der Waals surface area contributed by atoms with Gasteiger partial charge < -0.3 is 15.3 Å². The average Bonchev–Trinajstić information content (AvgIpc) is 3.29. The third kappa shape index (κ3) is 4.19. The smallest absolute Gasteiger partial charge is 0.317 e. The minimum Gasteiger partial charge on any atom is -0.481 e. The van der Waals surface area contributed by atoms with Gasteiger partial charge in [-0.15, -0.1) is 0 Å². The number of nitrogens with one attached hydrogen (secondary N) is 1. The Morgan fingerprint density at radius 1 is 1.45 bits per heavy atom. The van der Waals surface area contributed by atoms with E-state index in [4.69, 9.17) is 5.11 Å². The van der Waals surface area contributed by atoms with Gasteiger partial charge in [-0.25, -0.2) is 9.18 Å². The molecule has 2 rings (SSSR count). The van der Waals surface area contributed by atoms with Crippen molar-refractivity contribution < 1.29 is 19.1 Å². The molecular weight excluding hydrogens is 287 g/mol. The minimum absolute atomic E-state index is 0.0896. The fourth-order valence-corrected chi connectivity index (χ4v) is 2.37. The van der Waals surface area contributed by atoms with Gasteiger partial charge in [0.15, 0.2) is 0 Å². The number of carbonyl (C=O) groups excluding carboxylic acids is 1. The summed E-state index contributed by atoms with van der Waals surface area (Å²) in [7, 11) is 1.57. The molecule has 0 radical (unpaired) electrons. The largest absolute Gasteiger partial charge is 0.481 e. The number of nitrogens with zero attached hydrogens (tertiary/aromatic N) is 1. The number of carbonyl (C=O) groups is 2. The second-order valence-corrected chi connectivity index (χ2v) is 5.84. The first-order valence-electron chi connectivity index (χ1n) is 7.38. The molecule has 1 aromatic carbocycles. The Balaban J connectivity index is 2.04. The molecule has 22 heavy (non-hydrogen) atoms. The van der Waals surface area contributed by atoms with E-state index in [0.717, 1.165) is 18.4 Å². The van der Waals surface area contributed by atoms with Gasteiger partial charge in [0.2, 0.25) is 0 Å². The summed E-state index contributed by atoms with van der Waals surface area (Å²) in [5, 5.41) is 11.6. The number of carboxylic acids is 1. The Hall–Kier alpha value is -2.11. The molecule has 120 valence electrons. The molecule has 0 spiro atoms. The van der Waals surface area contributed by atoms with Crippen LogP contribution in [-0.4, -0.2) is 35.6 Å². The molecule has 1 atom stereocenters. The summed E-state index contributed by atoms with van der Waals surface area (Å²) >= 11 is 0. The topological polar surface area (TPSA) is 69.6 Å². The van der Waals surface area contributed by atoms with Crippen molar-refractivity contribution in [2.45, 2.75) is 32.2 Å². The maximum absolute atomic E-state index is 13.4. The molecule has 1 unspecified atom stereocenters. The number of urea groups is 1. The van der Waals surface area contributed by atoms with Crippen LogP contribution in [0.1, 0.15) is 36.4 Å². The molecule has 1 aliphatic rings. The summed E-state index contributed by atoms with van der Waals surface area (Å²) in [6.07, 6.45) is 1.97. The van der Waals surface area contributed by atoms with Crippen LogP contribution in [0.5, 0.6) is 0 Å². The van der Waals surface area contributed by atoms with Crippen LogP contribution in [0.4, 0.5) is 9.18 Å². The third-order valence-electron chi connectivity index (χ3n) is 3.92. The van der Waals surface area contributed by atoms with Crippen molar-refractivity contribution in [3.05, 3.63) is 35.1 Å². The number of aryl methyl sites for hydroxylation is 1. The Labute approximate surface area is 129 Å². The van der Waals surface area contributed by atoms with E-state index in [1.165, 1.54) is 11.0 Å². The predicted octanol–water partition coefficient (Wildman–Crippen LogP) is 2.70. The van der Waals surface area contributed by atoms with Crippen molar-refractivity contribution in [2.24, 2.45) is 5.92 Å². The van der Waals surface area contributed by atoms with Crippen LogP contribution < -0.4 is 5.32 Å². The third-order valence-corrected chi connectivity index (χ3v) is 3.92. The van der Waals surface area contributed by atoms with Crippen molar-refractivity contribution in [3.8, 4) is 0 Å². The molecule has 1 saturated carbocycles.